The number of piperazine rings is 1. The number of rotatable bonds is 4. The molecule has 0 saturated carbocycles. The maximum absolute atomic E-state index is 9.32. The Morgan fingerprint density at radius 3 is 2.63 bits per heavy atom. The molecule has 0 amide bonds. The summed E-state index contributed by atoms with van der Waals surface area (Å²) >= 11 is 3.66. The minimum atomic E-state index is 0. The van der Waals surface area contributed by atoms with Crippen molar-refractivity contribution in [2.45, 2.75) is 19.4 Å². The molecule has 2 N–H and O–H groups in total. The molecule has 1 aliphatic heterocycles. The van der Waals surface area contributed by atoms with Crippen molar-refractivity contribution < 1.29 is 5.11 Å². The van der Waals surface area contributed by atoms with Crippen molar-refractivity contribution in [3.8, 4) is 0 Å². The minimum absolute atomic E-state index is 0. The fourth-order valence-corrected chi connectivity index (χ4v) is 3.31. The lowest BCUT2D eigenvalue weighted by Crippen LogP contribution is -2.45. The average molecular weight is 350 g/mol. The summed E-state index contributed by atoms with van der Waals surface area (Å²) in [4.78, 5) is 2.46. The summed E-state index contributed by atoms with van der Waals surface area (Å²) in [7, 11) is 0. The lowest BCUT2D eigenvalue weighted by atomic mass is 10.0. The highest BCUT2D eigenvalue weighted by Gasteiger charge is 2.23. The van der Waals surface area contributed by atoms with Gasteiger partial charge in [-0.25, -0.2) is 0 Å². The minimum Gasteiger partial charge on any atom is -0.396 e. The number of benzene rings is 1. The maximum Gasteiger partial charge on any atom is 0.0449 e. The van der Waals surface area contributed by atoms with Gasteiger partial charge in [-0.3, -0.25) is 4.90 Å². The van der Waals surface area contributed by atoms with E-state index in [0.717, 1.165) is 37.1 Å². The fraction of sp³-hybridized carbons (Fsp3) is 0.571. The first-order chi connectivity index (χ1) is 8.72. The largest absolute Gasteiger partial charge is 0.396 e. The zero-order chi connectivity index (χ0) is 13.0. The Labute approximate surface area is 129 Å². The van der Waals surface area contributed by atoms with Gasteiger partial charge >= 0.3 is 0 Å². The number of aryl methyl sites for hydroxylation is 1. The molecule has 0 radical (unpaired) electrons. The molecule has 1 heterocycles. The van der Waals surface area contributed by atoms with Gasteiger partial charge in [-0.1, -0.05) is 28.1 Å². The van der Waals surface area contributed by atoms with Crippen molar-refractivity contribution >= 4 is 28.3 Å². The zero-order valence-corrected chi connectivity index (χ0v) is 13.6. The average Bonchev–Trinajstić information content (AvgIpc) is 2.38. The third-order valence-corrected chi connectivity index (χ3v) is 4.20. The number of hydrogen-bond donors (Lipinski definition) is 2. The van der Waals surface area contributed by atoms with E-state index in [-0.39, 0.29) is 19.0 Å². The van der Waals surface area contributed by atoms with E-state index in [2.05, 4.69) is 51.3 Å². The summed E-state index contributed by atoms with van der Waals surface area (Å²) in [5.41, 5.74) is 2.55. The predicted molar refractivity (Wildman–Crippen MR) is 85.0 cm³/mol. The van der Waals surface area contributed by atoms with Crippen LogP contribution in [0.3, 0.4) is 0 Å². The van der Waals surface area contributed by atoms with Crippen molar-refractivity contribution in [2.24, 2.45) is 0 Å². The SMILES string of the molecule is Cc1ccc([C@H](CCO)N2CCNCC2)c(Br)c1.Cl. The van der Waals surface area contributed by atoms with Gasteiger partial charge in [-0.05, 0) is 30.5 Å². The number of halogens is 2. The molecule has 2 rings (SSSR count). The van der Waals surface area contributed by atoms with E-state index < -0.39 is 0 Å². The Kier molecular flexibility index (Phi) is 7.32. The Morgan fingerprint density at radius 1 is 1.37 bits per heavy atom. The van der Waals surface area contributed by atoms with Gasteiger partial charge in [-0.15, -0.1) is 12.4 Å². The van der Waals surface area contributed by atoms with E-state index in [4.69, 9.17) is 0 Å². The molecule has 19 heavy (non-hydrogen) atoms. The molecule has 0 unspecified atom stereocenters. The summed E-state index contributed by atoms with van der Waals surface area (Å²) in [5.74, 6) is 0. The normalized spacial score (nSPS) is 17.8. The van der Waals surface area contributed by atoms with Crippen LogP contribution in [-0.4, -0.2) is 42.8 Å². The Balaban J connectivity index is 0.00000180. The van der Waals surface area contributed by atoms with E-state index in [1.165, 1.54) is 11.1 Å². The van der Waals surface area contributed by atoms with Crippen LogP contribution in [-0.2, 0) is 0 Å². The van der Waals surface area contributed by atoms with Gasteiger partial charge in [0.2, 0.25) is 0 Å². The van der Waals surface area contributed by atoms with Crippen LogP contribution < -0.4 is 5.32 Å². The number of nitrogens with zero attached hydrogens (tertiary/aromatic N) is 1. The molecule has 1 atom stereocenters. The van der Waals surface area contributed by atoms with Crippen LogP contribution in [0.5, 0.6) is 0 Å². The highest BCUT2D eigenvalue weighted by Crippen LogP contribution is 2.31. The second-order valence-corrected chi connectivity index (χ2v) is 5.69. The lowest BCUT2D eigenvalue weighted by molar-refractivity contribution is 0.140. The molecular formula is C14H22BrClN2O. The second-order valence-electron chi connectivity index (χ2n) is 4.84. The molecule has 1 aliphatic rings. The Bertz CT molecular complexity index is 397. The topological polar surface area (TPSA) is 35.5 Å². The first kappa shape index (κ1) is 16.9. The highest BCUT2D eigenvalue weighted by atomic mass is 79.9. The van der Waals surface area contributed by atoms with Crippen LogP contribution in [0.15, 0.2) is 22.7 Å². The van der Waals surface area contributed by atoms with Crippen LogP contribution in [0.1, 0.15) is 23.6 Å². The van der Waals surface area contributed by atoms with Crippen molar-refractivity contribution in [3.05, 3.63) is 33.8 Å². The van der Waals surface area contributed by atoms with Gasteiger partial charge in [0.15, 0.2) is 0 Å². The third-order valence-electron chi connectivity index (χ3n) is 3.51. The van der Waals surface area contributed by atoms with Crippen molar-refractivity contribution in [3.63, 3.8) is 0 Å². The van der Waals surface area contributed by atoms with Gasteiger partial charge in [0.25, 0.3) is 0 Å². The summed E-state index contributed by atoms with van der Waals surface area (Å²) in [5, 5.41) is 12.7. The molecule has 5 heteroatoms. The molecule has 0 aliphatic carbocycles. The first-order valence-electron chi connectivity index (χ1n) is 6.54. The maximum atomic E-state index is 9.32. The molecule has 0 spiro atoms. The molecule has 0 aromatic heterocycles. The van der Waals surface area contributed by atoms with Gasteiger partial charge in [0.1, 0.15) is 0 Å². The molecule has 1 saturated heterocycles. The summed E-state index contributed by atoms with van der Waals surface area (Å²) < 4.78 is 1.15. The third kappa shape index (κ3) is 4.43. The number of aliphatic hydroxyl groups is 1. The van der Waals surface area contributed by atoms with Crippen LogP contribution in [0.2, 0.25) is 0 Å². The van der Waals surface area contributed by atoms with Crippen molar-refractivity contribution in [1.82, 2.24) is 10.2 Å². The lowest BCUT2D eigenvalue weighted by Gasteiger charge is -2.35. The van der Waals surface area contributed by atoms with Crippen LogP contribution in [0.4, 0.5) is 0 Å². The molecule has 3 nitrogen and oxygen atoms in total. The number of hydrogen-bond acceptors (Lipinski definition) is 3. The monoisotopic (exact) mass is 348 g/mol. The van der Waals surface area contributed by atoms with Crippen LogP contribution in [0.25, 0.3) is 0 Å². The van der Waals surface area contributed by atoms with E-state index in [0.29, 0.717) is 6.04 Å². The van der Waals surface area contributed by atoms with E-state index >= 15 is 0 Å². The van der Waals surface area contributed by atoms with E-state index in [9.17, 15) is 5.11 Å². The molecular weight excluding hydrogens is 328 g/mol. The Hall–Kier alpha value is -0.130. The number of nitrogens with one attached hydrogen (secondary N) is 1. The van der Waals surface area contributed by atoms with E-state index in [1.807, 2.05) is 0 Å². The van der Waals surface area contributed by atoms with Gasteiger partial charge in [0, 0.05) is 43.3 Å². The van der Waals surface area contributed by atoms with Gasteiger partial charge in [0.05, 0.1) is 0 Å². The quantitative estimate of drug-likeness (QED) is 0.877. The summed E-state index contributed by atoms with van der Waals surface area (Å²) in [6.45, 7) is 6.49. The summed E-state index contributed by atoms with van der Waals surface area (Å²) in [6, 6.07) is 6.79. The Morgan fingerprint density at radius 2 is 2.05 bits per heavy atom. The standard InChI is InChI=1S/C14H21BrN2O.ClH/c1-11-2-3-12(13(15)10-11)14(4-9-18)17-7-5-16-6-8-17;/h2-3,10,14,16,18H,4-9H2,1H3;1H/t14-;/m0./s1. The molecule has 108 valence electrons. The van der Waals surface area contributed by atoms with Crippen molar-refractivity contribution in [2.75, 3.05) is 32.8 Å². The zero-order valence-electron chi connectivity index (χ0n) is 11.2. The van der Waals surface area contributed by atoms with Crippen LogP contribution in [0, 0.1) is 6.92 Å². The summed E-state index contributed by atoms with van der Waals surface area (Å²) in [6.07, 6.45) is 0.793. The first-order valence-corrected chi connectivity index (χ1v) is 7.33. The molecule has 1 aromatic rings. The van der Waals surface area contributed by atoms with E-state index in [1.54, 1.807) is 0 Å². The predicted octanol–water partition coefficient (Wildman–Crippen LogP) is 2.51. The number of aliphatic hydroxyl groups excluding tert-OH is 1. The fourth-order valence-electron chi connectivity index (χ4n) is 2.55. The van der Waals surface area contributed by atoms with Crippen LogP contribution >= 0.6 is 28.3 Å². The molecule has 1 fully saturated rings. The molecule has 1 aromatic carbocycles. The smallest absolute Gasteiger partial charge is 0.0449 e. The molecule has 0 bridgehead atoms. The highest BCUT2D eigenvalue weighted by molar-refractivity contribution is 9.10. The van der Waals surface area contributed by atoms with Crippen molar-refractivity contribution in [1.29, 1.82) is 0 Å². The second kappa shape index (κ2) is 8.22. The van der Waals surface area contributed by atoms with Gasteiger partial charge < -0.3 is 10.4 Å². The van der Waals surface area contributed by atoms with Gasteiger partial charge in [-0.2, -0.15) is 0 Å².